The molecule has 0 N–H and O–H groups in total. The van der Waals surface area contributed by atoms with Gasteiger partial charge in [0.2, 0.25) is 0 Å². The molecule has 0 unspecified atom stereocenters. The minimum absolute atomic E-state index is 0.122. The summed E-state index contributed by atoms with van der Waals surface area (Å²) in [6, 6.07) is 0. The van der Waals surface area contributed by atoms with Crippen LogP contribution in [0.15, 0.2) is 12.2 Å². The number of carbonyl (C=O) groups excluding carboxylic acids is 1. The van der Waals surface area contributed by atoms with E-state index in [0.717, 1.165) is 0 Å². The second-order valence-electron chi connectivity index (χ2n) is 4.90. The average molecular weight is 184 g/mol. The van der Waals surface area contributed by atoms with E-state index < -0.39 is 5.60 Å². The topological polar surface area (TPSA) is 26.3 Å². The standard InChI is InChI=1S/C11H20O2/c1-9(12)13-11(5,6)8-7-10(2,3)4/h7-8H,1-6H3/b8-7+. The fourth-order valence-corrected chi connectivity index (χ4v) is 0.855. The van der Waals surface area contributed by atoms with E-state index in [4.69, 9.17) is 4.74 Å². The Morgan fingerprint density at radius 2 is 1.54 bits per heavy atom. The van der Waals surface area contributed by atoms with Gasteiger partial charge in [-0.05, 0) is 25.3 Å². The van der Waals surface area contributed by atoms with Gasteiger partial charge in [-0.3, -0.25) is 4.79 Å². The monoisotopic (exact) mass is 184 g/mol. The molecular formula is C11H20O2. The van der Waals surface area contributed by atoms with Crippen LogP contribution < -0.4 is 0 Å². The molecule has 0 fully saturated rings. The van der Waals surface area contributed by atoms with Crippen LogP contribution in [0.25, 0.3) is 0 Å². The molecule has 0 amide bonds. The van der Waals surface area contributed by atoms with Crippen LogP contribution in [0.4, 0.5) is 0 Å². The van der Waals surface area contributed by atoms with E-state index >= 15 is 0 Å². The van der Waals surface area contributed by atoms with Crippen molar-refractivity contribution in [2.24, 2.45) is 5.41 Å². The summed E-state index contributed by atoms with van der Waals surface area (Å²) in [6.07, 6.45) is 3.98. The maximum atomic E-state index is 10.7. The number of carbonyl (C=O) groups is 1. The lowest BCUT2D eigenvalue weighted by Gasteiger charge is -2.22. The fraction of sp³-hybridized carbons (Fsp3) is 0.727. The Hall–Kier alpha value is -0.790. The number of ether oxygens (including phenoxy) is 1. The molecule has 0 spiro atoms. The Morgan fingerprint density at radius 3 is 1.85 bits per heavy atom. The van der Waals surface area contributed by atoms with Gasteiger partial charge in [0.1, 0.15) is 5.60 Å². The van der Waals surface area contributed by atoms with Crippen LogP contribution in [0.2, 0.25) is 0 Å². The molecule has 0 atom stereocenters. The highest BCUT2D eigenvalue weighted by Crippen LogP contribution is 2.19. The third-order valence-corrected chi connectivity index (χ3v) is 1.39. The first-order chi connectivity index (χ1) is 5.62. The lowest BCUT2D eigenvalue weighted by molar-refractivity contribution is -0.149. The minimum Gasteiger partial charge on any atom is -0.456 e. The van der Waals surface area contributed by atoms with Crippen LogP contribution >= 0.6 is 0 Å². The molecule has 0 heterocycles. The highest BCUT2D eigenvalue weighted by atomic mass is 16.6. The van der Waals surface area contributed by atoms with E-state index in [0.29, 0.717) is 0 Å². The van der Waals surface area contributed by atoms with E-state index in [-0.39, 0.29) is 11.4 Å². The molecule has 0 saturated carbocycles. The van der Waals surface area contributed by atoms with E-state index in [1.807, 2.05) is 19.9 Å². The van der Waals surface area contributed by atoms with Crippen molar-refractivity contribution in [2.45, 2.75) is 47.1 Å². The molecule has 2 nitrogen and oxygen atoms in total. The summed E-state index contributed by atoms with van der Waals surface area (Å²) in [5, 5.41) is 0. The molecule has 0 saturated heterocycles. The molecule has 0 aromatic heterocycles. The largest absolute Gasteiger partial charge is 0.456 e. The van der Waals surface area contributed by atoms with Gasteiger partial charge in [0.05, 0.1) is 0 Å². The second-order valence-corrected chi connectivity index (χ2v) is 4.90. The molecule has 0 aliphatic rings. The third-order valence-electron chi connectivity index (χ3n) is 1.39. The van der Waals surface area contributed by atoms with Gasteiger partial charge >= 0.3 is 5.97 Å². The molecule has 0 rings (SSSR count). The summed E-state index contributed by atoms with van der Waals surface area (Å²) in [4.78, 5) is 10.7. The van der Waals surface area contributed by atoms with Gasteiger partial charge < -0.3 is 4.74 Å². The second kappa shape index (κ2) is 3.95. The van der Waals surface area contributed by atoms with Crippen LogP contribution in [0.1, 0.15) is 41.5 Å². The first-order valence-corrected chi connectivity index (χ1v) is 4.52. The van der Waals surface area contributed by atoms with Gasteiger partial charge in [-0.25, -0.2) is 0 Å². The van der Waals surface area contributed by atoms with Crippen LogP contribution in [0.3, 0.4) is 0 Å². The molecular weight excluding hydrogens is 164 g/mol. The zero-order chi connectivity index (χ0) is 10.7. The third kappa shape index (κ3) is 7.57. The Morgan fingerprint density at radius 1 is 1.08 bits per heavy atom. The summed E-state index contributed by atoms with van der Waals surface area (Å²) >= 11 is 0. The molecule has 13 heavy (non-hydrogen) atoms. The number of rotatable bonds is 2. The normalized spacial score (nSPS) is 13.4. The zero-order valence-electron chi connectivity index (χ0n) is 9.47. The van der Waals surface area contributed by atoms with Crippen molar-refractivity contribution in [1.82, 2.24) is 0 Å². The van der Waals surface area contributed by atoms with Gasteiger partial charge in [-0.2, -0.15) is 0 Å². The van der Waals surface area contributed by atoms with Crippen LogP contribution in [0, 0.1) is 5.41 Å². The highest BCUT2D eigenvalue weighted by molar-refractivity contribution is 5.66. The summed E-state index contributed by atoms with van der Waals surface area (Å²) in [5.41, 5.74) is -0.378. The number of hydrogen-bond donors (Lipinski definition) is 0. The fourth-order valence-electron chi connectivity index (χ4n) is 0.855. The van der Waals surface area contributed by atoms with E-state index in [1.54, 1.807) is 0 Å². The van der Waals surface area contributed by atoms with Crippen molar-refractivity contribution >= 4 is 5.97 Å². The molecule has 0 aliphatic heterocycles. The first kappa shape index (κ1) is 12.2. The molecule has 0 aromatic rings. The Bertz CT molecular complexity index is 207. The maximum absolute atomic E-state index is 10.7. The van der Waals surface area contributed by atoms with Gasteiger partial charge in [0, 0.05) is 6.92 Å². The van der Waals surface area contributed by atoms with Crippen molar-refractivity contribution in [2.75, 3.05) is 0 Å². The predicted octanol–water partition coefficient (Wildman–Crippen LogP) is 2.93. The van der Waals surface area contributed by atoms with Crippen LogP contribution in [-0.2, 0) is 9.53 Å². The minimum atomic E-state index is -0.501. The number of hydrogen-bond acceptors (Lipinski definition) is 2. The Labute approximate surface area is 81.0 Å². The molecule has 76 valence electrons. The molecule has 0 bridgehead atoms. The van der Waals surface area contributed by atoms with Crippen molar-refractivity contribution in [3.63, 3.8) is 0 Å². The number of allylic oxidation sites excluding steroid dienone is 1. The molecule has 2 heteroatoms. The smallest absolute Gasteiger partial charge is 0.303 e. The Balaban J connectivity index is 4.33. The molecule has 0 aliphatic carbocycles. The predicted molar refractivity (Wildman–Crippen MR) is 54.4 cm³/mol. The summed E-state index contributed by atoms with van der Waals surface area (Å²) in [5.74, 6) is -0.247. The maximum Gasteiger partial charge on any atom is 0.303 e. The van der Waals surface area contributed by atoms with Gasteiger partial charge in [0.25, 0.3) is 0 Å². The quantitative estimate of drug-likeness (QED) is 0.487. The van der Waals surface area contributed by atoms with E-state index in [9.17, 15) is 4.79 Å². The summed E-state index contributed by atoms with van der Waals surface area (Å²) < 4.78 is 5.11. The highest BCUT2D eigenvalue weighted by Gasteiger charge is 2.18. The van der Waals surface area contributed by atoms with Crippen LogP contribution in [-0.4, -0.2) is 11.6 Å². The van der Waals surface area contributed by atoms with E-state index in [2.05, 4.69) is 26.8 Å². The lowest BCUT2D eigenvalue weighted by Crippen LogP contribution is -2.24. The van der Waals surface area contributed by atoms with Crippen molar-refractivity contribution in [1.29, 1.82) is 0 Å². The number of esters is 1. The summed E-state index contributed by atoms with van der Waals surface area (Å²) in [6.45, 7) is 11.5. The molecule has 0 radical (unpaired) electrons. The van der Waals surface area contributed by atoms with Gasteiger partial charge in [0.15, 0.2) is 0 Å². The Kier molecular flexibility index (Phi) is 3.71. The van der Waals surface area contributed by atoms with Gasteiger partial charge in [-0.15, -0.1) is 0 Å². The summed E-state index contributed by atoms with van der Waals surface area (Å²) in [7, 11) is 0. The van der Waals surface area contributed by atoms with E-state index in [1.165, 1.54) is 6.92 Å². The van der Waals surface area contributed by atoms with Gasteiger partial charge in [-0.1, -0.05) is 26.8 Å². The molecule has 0 aromatic carbocycles. The zero-order valence-corrected chi connectivity index (χ0v) is 9.47. The van der Waals surface area contributed by atoms with Crippen LogP contribution in [0.5, 0.6) is 0 Å². The van der Waals surface area contributed by atoms with Crippen molar-refractivity contribution in [3.05, 3.63) is 12.2 Å². The van der Waals surface area contributed by atoms with Crippen molar-refractivity contribution < 1.29 is 9.53 Å². The SMILES string of the molecule is CC(=O)OC(C)(C)/C=C/C(C)(C)C. The average Bonchev–Trinajstić information content (AvgIpc) is 1.79. The first-order valence-electron chi connectivity index (χ1n) is 4.52. The van der Waals surface area contributed by atoms with Crippen molar-refractivity contribution in [3.8, 4) is 0 Å². The lowest BCUT2D eigenvalue weighted by atomic mass is 9.93.